The van der Waals surface area contributed by atoms with Crippen molar-refractivity contribution in [3.63, 3.8) is 0 Å². The number of nitrogens with one attached hydrogen (secondary N) is 1. The summed E-state index contributed by atoms with van der Waals surface area (Å²) in [6, 6.07) is 19.0. The van der Waals surface area contributed by atoms with Crippen molar-refractivity contribution in [1.29, 1.82) is 0 Å². The Kier molecular flexibility index (Phi) is 5.10. The van der Waals surface area contributed by atoms with E-state index in [2.05, 4.69) is 47.8 Å². The van der Waals surface area contributed by atoms with Crippen molar-refractivity contribution in [2.24, 2.45) is 0 Å². The Morgan fingerprint density at radius 3 is 2.27 bits per heavy atom. The smallest absolute Gasteiger partial charge is 0.251 e. The molecule has 0 aliphatic heterocycles. The zero-order valence-corrected chi connectivity index (χ0v) is 15.5. The summed E-state index contributed by atoms with van der Waals surface area (Å²) in [5, 5.41) is 3.31. The minimum Gasteiger partial charge on any atom is -0.351 e. The highest BCUT2D eigenvalue weighted by atomic mass is 16.1. The fourth-order valence-corrected chi connectivity index (χ4v) is 4.71. The fraction of sp³-hybridized carbons (Fsp3) is 0.458. The lowest BCUT2D eigenvalue weighted by atomic mass is 9.69. The molecule has 2 aromatic rings. The second-order valence-corrected chi connectivity index (χ2v) is 8.10. The molecule has 0 bridgehead atoms. The van der Waals surface area contributed by atoms with Crippen LogP contribution in [0.1, 0.15) is 78.8 Å². The highest BCUT2D eigenvalue weighted by molar-refractivity contribution is 5.96. The van der Waals surface area contributed by atoms with Crippen molar-refractivity contribution in [2.75, 3.05) is 6.54 Å². The van der Waals surface area contributed by atoms with Crippen molar-refractivity contribution < 1.29 is 4.79 Å². The van der Waals surface area contributed by atoms with Gasteiger partial charge in [-0.3, -0.25) is 4.79 Å². The number of rotatable bonds is 5. The minimum atomic E-state index is 0.0978. The quantitative estimate of drug-likeness (QED) is 0.751. The Bertz CT molecular complexity index is 742. The van der Waals surface area contributed by atoms with Crippen molar-refractivity contribution in [1.82, 2.24) is 5.32 Å². The van der Waals surface area contributed by atoms with Gasteiger partial charge in [-0.15, -0.1) is 0 Å². The third kappa shape index (κ3) is 3.42. The number of hydrogen-bond donors (Lipinski definition) is 1. The summed E-state index contributed by atoms with van der Waals surface area (Å²) in [5.41, 5.74) is 3.61. The van der Waals surface area contributed by atoms with Gasteiger partial charge in [-0.2, -0.15) is 0 Å². The van der Waals surface area contributed by atoms with E-state index in [0.29, 0.717) is 5.92 Å². The molecule has 0 heterocycles. The first-order valence-electron chi connectivity index (χ1n) is 10.2. The van der Waals surface area contributed by atoms with Crippen LogP contribution >= 0.6 is 0 Å². The van der Waals surface area contributed by atoms with Crippen LogP contribution in [0.25, 0.3) is 0 Å². The molecule has 2 fully saturated rings. The topological polar surface area (TPSA) is 29.1 Å². The molecule has 0 aromatic heterocycles. The van der Waals surface area contributed by atoms with Crippen LogP contribution in [-0.4, -0.2) is 12.5 Å². The zero-order valence-electron chi connectivity index (χ0n) is 15.5. The van der Waals surface area contributed by atoms with Gasteiger partial charge in [0, 0.05) is 17.5 Å². The second-order valence-electron chi connectivity index (χ2n) is 8.10. The van der Waals surface area contributed by atoms with Gasteiger partial charge in [0.25, 0.3) is 5.91 Å². The largest absolute Gasteiger partial charge is 0.351 e. The van der Waals surface area contributed by atoms with E-state index in [9.17, 15) is 4.79 Å². The van der Waals surface area contributed by atoms with Crippen LogP contribution in [-0.2, 0) is 5.41 Å². The molecule has 136 valence electrons. The van der Waals surface area contributed by atoms with E-state index in [1.165, 1.54) is 62.5 Å². The first-order chi connectivity index (χ1) is 12.8. The van der Waals surface area contributed by atoms with Gasteiger partial charge in [-0.1, -0.05) is 74.2 Å². The molecule has 4 rings (SSSR count). The predicted octanol–water partition coefficient (Wildman–Crippen LogP) is 5.59. The standard InChI is InChI=1S/C24H29NO/c26-23(22-15-6-5-14-21(22)19-10-9-11-19)25-18-24(16-7-2-8-17-24)20-12-3-1-4-13-20/h1,3-6,12-15,19H,2,7-11,16-18H2,(H,25,26). The summed E-state index contributed by atoms with van der Waals surface area (Å²) in [4.78, 5) is 13.0. The number of hydrogen-bond acceptors (Lipinski definition) is 1. The maximum atomic E-state index is 13.0. The molecule has 2 saturated carbocycles. The van der Waals surface area contributed by atoms with Crippen molar-refractivity contribution in [3.05, 3.63) is 71.3 Å². The lowest BCUT2D eigenvalue weighted by Crippen LogP contribution is -2.42. The third-order valence-electron chi connectivity index (χ3n) is 6.53. The lowest BCUT2D eigenvalue weighted by Gasteiger charge is -2.38. The molecule has 1 amide bonds. The average Bonchev–Trinajstić information content (AvgIpc) is 2.67. The van der Waals surface area contributed by atoms with Gasteiger partial charge in [0.05, 0.1) is 0 Å². The molecule has 0 spiro atoms. The summed E-state index contributed by atoms with van der Waals surface area (Å²) in [7, 11) is 0. The molecule has 0 unspecified atom stereocenters. The summed E-state index contributed by atoms with van der Waals surface area (Å²) in [6.07, 6.45) is 9.89. The highest BCUT2D eigenvalue weighted by Gasteiger charge is 2.34. The van der Waals surface area contributed by atoms with Gasteiger partial charge in [0.15, 0.2) is 0 Å². The van der Waals surface area contributed by atoms with Gasteiger partial charge in [-0.05, 0) is 48.8 Å². The molecule has 0 saturated heterocycles. The summed E-state index contributed by atoms with van der Waals surface area (Å²) in [6.45, 7) is 0.745. The number of carbonyl (C=O) groups is 1. The van der Waals surface area contributed by atoms with E-state index in [4.69, 9.17) is 0 Å². The first-order valence-corrected chi connectivity index (χ1v) is 10.2. The predicted molar refractivity (Wildman–Crippen MR) is 107 cm³/mol. The molecule has 2 aliphatic rings. The molecule has 2 aliphatic carbocycles. The maximum absolute atomic E-state index is 13.0. The molecular weight excluding hydrogens is 318 g/mol. The van der Waals surface area contributed by atoms with Crippen molar-refractivity contribution in [3.8, 4) is 0 Å². The Hall–Kier alpha value is -2.09. The maximum Gasteiger partial charge on any atom is 0.251 e. The molecule has 0 radical (unpaired) electrons. The Balaban J connectivity index is 1.52. The highest BCUT2D eigenvalue weighted by Crippen LogP contribution is 2.40. The fourth-order valence-electron chi connectivity index (χ4n) is 4.71. The van der Waals surface area contributed by atoms with Crippen LogP contribution < -0.4 is 5.32 Å². The van der Waals surface area contributed by atoms with Gasteiger partial charge in [-0.25, -0.2) is 0 Å². The van der Waals surface area contributed by atoms with Crippen LogP contribution in [0.15, 0.2) is 54.6 Å². The van der Waals surface area contributed by atoms with E-state index in [1.54, 1.807) is 0 Å². The van der Waals surface area contributed by atoms with Crippen molar-refractivity contribution >= 4 is 5.91 Å². The zero-order chi connectivity index (χ0) is 17.8. The van der Waals surface area contributed by atoms with Crippen LogP contribution in [0.5, 0.6) is 0 Å². The number of amides is 1. The average molecular weight is 348 g/mol. The first kappa shape index (κ1) is 17.3. The van der Waals surface area contributed by atoms with Crippen LogP contribution in [0.4, 0.5) is 0 Å². The van der Waals surface area contributed by atoms with Gasteiger partial charge < -0.3 is 5.32 Å². The monoisotopic (exact) mass is 347 g/mol. The van der Waals surface area contributed by atoms with E-state index in [-0.39, 0.29) is 11.3 Å². The van der Waals surface area contributed by atoms with Crippen molar-refractivity contribution in [2.45, 2.75) is 62.7 Å². The normalized spacial score (nSPS) is 19.5. The summed E-state index contributed by atoms with van der Waals surface area (Å²) >= 11 is 0. The van der Waals surface area contributed by atoms with Gasteiger partial charge in [0.1, 0.15) is 0 Å². The number of carbonyl (C=O) groups excluding carboxylic acids is 1. The summed E-state index contributed by atoms with van der Waals surface area (Å²) < 4.78 is 0. The van der Waals surface area contributed by atoms with E-state index in [1.807, 2.05) is 12.1 Å². The molecule has 1 N–H and O–H groups in total. The van der Waals surface area contributed by atoms with Crippen LogP contribution in [0, 0.1) is 0 Å². The Morgan fingerprint density at radius 1 is 0.885 bits per heavy atom. The van der Waals surface area contributed by atoms with E-state index >= 15 is 0 Å². The molecule has 0 atom stereocenters. The lowest BCUT2D eigenvalue weighted by molar-refractivity contribution is 0.0934. The van der Waals surface area contributed by atoms with Crippen LogP contribution in [0.2, 0.25) is 0 Å². The molecule has 26 heavy (non-hydrogen) atoms. The molecular formula is C24H29NO. The van der Waals surface area contributed by atoms with E-state index in [0.717, 1.165) is 12.1 Å². The van der Waals surface area contributed by atoms with Gasteiger partial charge in [0.2, 0.25) is 0 Å². The second kappa shape index (κ2) is 7.65. The SMILES string of the molecule is O=C(NCC1(c2ccccc2)CCCCC1)c1ccccc1C1CCC1. The third-order valence-corrected chi connectivity index (χ3v) is 6.53. The molecule has 2 nitrogen and oxygen atoms in total. The minimum absolute atomic E-state index is 0.0978. The Labute approximate surface area is 157 Å². The molecule has 2 aromatic carbocycles. The molecule has 2 heteroatoms. The summed E-state index contributed by atoms with van der Waals surface area (Å²) in [5.74, 6) is 0.683. The van der Waals surface area contributed by atoms with Gasteiger partial charge >= 0.3 is 0 Å². The van der Waals surface area contributed by atoms with Crippen LogP contribution in [0.3, 0.4) is 0 Å². The Morgan fingerprint density at radius 2 is 1.58 bits per heavy atom. The number of benzene rings is 2. The van der Waals surface area contributed by atoms with E-state index < -0.39 is 0 Å².